The van der Waals surface area contributed by atoms with Crippen LogP contribution in [0.3, 0.4) is 0 Å². The Hall–Kier alpha value is -2.52. The van der Waals surface area contributed by atoms with Crippen LogP contribution < -0.4 is 5.73 Å². The van der Waals surface area contributed by atoms with Crippen molar-refractivity contribution in [2.45, 2.75) is 12.3 Å². The first-order chi connectivity index (χ1) is 10.8. The van der Waals surface area contributed by atoms with Crippen molar-refractivity contribution in [1.82, 2.24) is 9.97 Å². The van der Waals surface area contributed by atoms with Gasteiger partial charge in [0.2, 0.25) is 0 Å². The van der Waals surface area contributed by atoms with E-state index in [1.807, 2.05) is 12.4 Å². The number of rotatable bonds is 4. The van der Waals surface area contributed by atoms with Crippen LogP contribution >= 0.6 is 0 Å². The zero-order valence-corrected chi connectivity index (χ0v) is 12.3. The van der Waals surface area contributed by atoms with E-state index in [1.165, 1.54) is 32.9 Å². The van der Waals surface area contributed by atoms with Gasteiger partial charge in [-0.25, -0.2) is 0 Å². The Morgan fingerprint density at radius 2 is 1.32 bits per heavy atom. The van der Waals surface area contributed by atoms with Crippen molar-refractivity contribution >= 4 is 21.8 Å². The molecule has 0 unspecified atom stereocenters. The summed E-state index contributed by atoms with van der Waals surface area (Å²) in [4.78, 5) is 6.50. The highest BCUT2D eigenvalue weighted by molar-refractivity contribution is 5.81. The highest BCUT2D eigenvalue weighted by atomic mass is 14.7. The lowest BCUT2D eigenvalue weighted by Crippen LogP contribution is -2.08. The molecule has 110 valence electrons. The van der Waals surface area contributed by atoms with Crippen LogP contribution in [0.25, 0.3) is 21.8 Å². The van der Waals surface area contributed by atoms with Gasteiger partial charge in [0.05, 0.1) is 0 Å². The van der Waals surface area contributed by atoms with E-state index in [0.717, 1.165) is 6.42 Å². The van der Waals surface area contributed by atoms with Crippen LogP contribution in [0.5, 0.6) is 0 Å². The number of nitrogens with two attached hydrogens (primary N) is 1. The van der Waals surface area contributed by atoms with E-state index in [-0.39, 0.29) is 0 Å². The number of H-pyrrole nitrogens is 2. The molecule has 0 atom stereocenters. The minimum absolute atomic E-state index is 0.337. The molecule has 22 heavy (non-hydrogen) atoms. The van der Waals surface area contributed by atoms with E-state index in [4.69, 9.17) is 5.73 Å². The van der Waals surface area contributed by atoms with Crippen LogP contribution in [-0.4, -0.2) is 16.5 Å². The third kappa shape index (κ3) is 2.20. The number of benzene rings is 2. The lowest BCUT2D eigenvalue weighted by Gasteiger charge is -2.18. The maximum Gasteiger partial charge on any atom is 0.0454 e. The van der Waals surface area contributed by atoms with Crippen molar-refractivity contribution in [3.63, 3.8) is 0 Å². The number of aromatic nitrogens is 2. The van der Waals surface area contributed by atoms with E-state index >= 15 is 0 Å². The zero-order chi connectivity index (χ0) is 14.9. The van der Waals surface area contributed by atoms with E-state index in [1.54, 1.807) is 0 Å². The second-order valence-electron chi connectivity index (χ2n) is 5.78. The molecule has 3 nitrogen and oxygen atoms in total. The molecule has 0 saturated heterocycles. The normalized spacial score (nSPS) is 11.7. The Bertz CT molecular complexity index is 842. The molecule has 4 aromatic rings. The first-order valence-electron chi connectivity index (χ1n) is 7.69. The molecule has 0 spiro atoms. The molecule has 0 amide bonds. The van der Waals surface area contributed by atoms with E-state index < -0.39 is 0 Å². The van der Waals surface area contributed by atoms with E-state index in [0.29, 0.717) is 12.5 Å². The van der Waals surface area contributed by atoms with Gasteiger partial charge in [-0.15, -0.1) is 0 Å². The monoisotopic (exact) mass is 289 g/mol. The molecule has 4 N–H and O–H groups in total. The molecule has 0 aliphatic carbocycles. The topological polar surface area (TPSA) is 57.6 Å². The van der Waals surface area contributed by atoms with E-state index in [2.05, 4.69) is 58.5 Å². The highest BCUT2D eigenvalue weighted by Gasteiger charge is 2.15. The first kappa shape index (κ1) is 13.2. The van der Waals surface area contributed by atoms with Crippen LogP contribution in [0, 0.1) is 0 Å². The van der Waals surface area contributed by atoms with Crippen molar-refractivity contribution < 1.29 is 0 Å². The standard InChI is InChI=1S/C19H19N3/c20-8-5-17(13-1-3-18-15(11-13)6-9-21-18)14-2-4-19-16(12-14)7-10-22-19/h1-4,6-7,9-12,17,21-22H,5,8,20H2. The third-order valence-corrected chi connectivity index (χ3v) is 4.41. The summed E-state index contributed by atoms with van der Waals surface area (Å²) in [5.41, 5.74) is 10.9. The summed E-state index contributed by atoms with van der Waals surface area (Å²) in [5.74, 6) is 0.337. The van der Waals surface area contributed by atoms with Crippen molar-refractivity contribution in [3.8, 4) is 0 Å². The molecule has 0 saturated carbocycles. The maximum atomic E-state index is 5.88. The molecule has 0 fully saturated rings. The van der Waals surface area contributed by atoms with Crippen molar-refractivity contribution in [2.75, 3.05) is 6.54 Å². The Kier molecular flexibility index (Phi) is 3.20. The molecule has 0 aliphatic rings. The second-order valence-corrected chi connectivity index (χ2v) is 5.78. The zero-order valence-electron chi connectivity index (χ0n) is 12.3. The fraction of sp³-hybridized carbons (Fsp3) is 0.158. The summed E-state index contributed by atoms with van der Waals surface area (Å²) >= 11 is 0. The van der Waals surface area contributed by atoms with Crippen LogP contribution in [-0.2, 0) is 0 Å². The summed E-state index contributed by atoms with van der Waals surface area (Å²) in [6, 6.07) is 17.5. The Morgan fingerprint density at radius 3 is 1.82 bits per heavy atom. The SMILES string of the molecule is NCCC(c1ccc2[nH]ccc2c1)c1ccc2[nH]ccc2c1. The summed E-state index contributed by atoms with van der Waals surface area (Å²) in [7, 11) is 0. The summed E-state index contributed by atoms with van der Waals surface area (Å²) in [5, 5.41) is 2.50. The minimum atomic E-state index is 0.337. The number of nitrogens with one attached hydrogen (secondary N) is 2. The van der Waals surface area contributed by atoms with Crippen LogP contribution in [0.2, 0.25) is 0 Å². The Morgan fingerprint density at radius 1 is 0.773 bits per heavy atom. The van der Waals surface area contributed by atoms with Crippen LogP contribution in [0.4, 0.5) is 0 Å². The van der Waals surface area contributed by atoms with Crippen molar-refractivity contribution in [1.29, 1.82) is 0 Å². The lowest BCUT2D eigenvalue weighted by molar-refractivity contribution is 0.728. The number of aromatic amines is 2. The number of fused-ring (bicyclic) bond motifs is 2. The molecule has 0 aliphatic heterocycles. The van der Waals surface area contributed by atoms with Gasteiger partial charge in [-0.3, -0.25) is 0 Å². The van der Waals surface area contributed by atoms with Gasteiger partial charge in [0.1, 0.15) is 0 Å². The predicted molar refractivity (Wildman–Crippen MR) is 92.1 cm³/mol. The van der Waals surface area contributed by atoms with Gasteiger partial charge in [-0.2, -0.15) is 0 Å². The molecule has 0 radical (unpaired) electrons. The van der Waals surface area contributed by atoms with Crippen LogP contribution in [0.15, 0.2) is 60.9 Å². The number of hydrogen-bond donors (Lipinski definition) is 3. The molecule has 4 rings (SSSR count). The summed E-state index contributed by atoms with van der Waals surface area (Å²) in [6.07, 6.45) is 4.92. The average Bonchev–Trinajstić information content (AvgIpc) is 3.19. The molecule has 2 heterocycles. The first-order valence-corrected chi connectivity index (χ1v) is 7.69. The fourth-order valence-electron chi connectivity index (χ4n) is 3.27. The van der Waals surface area contributed by atoms with E-state index in [9.17, 15) is 0 Å². The summed E-state index contributed by atoms with van der Waals surface area (Å²) in [6.45, 7) is 0.682. The Balaban J connectivity index is 1.81. The largest absolute Gasteiger partial charge is 0.361 e. The highest BCUT2D eigenvalue weighted by Crippen LogP contribution is 2.31. The van der Waals surface area contributed by atoms with Crippen molar-refractivity contribution in [3.05, 3.63) is 72.1 Å². The van der Waals surface area contributed by atoms with Gasteiger partial charge in [0.25, 0.3) is 0 Å². The lowest BCUT2D eigenvalue weighted by atomic mass is 9.87. The number of hydrogen-bond acceptors (Lipinski definition) is 1. The maximum absolute atomic E-state index is 5.88. The Labute approximate surface area is 129 Å². The molecule has 2 aromatic carbocycles. The van der Waals surface area contributed by atoms with Gasteiger partial charge >= 0.3 is 0 Å². The van der Waals surface area contributed by atoms with Gasteiger partial charge in [-0.1, -0.05) is 12.1 Å². The average molecular weight is 289 g/mol. The fourth-order valence-corrected chi connectivity index (χ4v) is 3.27. The van der Waals surface area contributed by atoms with Gasteiger partial charge in [0.15, 0.2) is 0 Å². The quantitative estimate of drug-likeness (QED) is 0.520. The van der Waals surface area contributed by atoms with Crippen LogP contribution in [0.1, 0.15) is 23.5 Å². The molecular formula is C19H19N3. The third-order valence-electron chi connectivity index (χ3n) is 4.41. The molecule has 0 bridgehead atoms. The van der Waals surface area contributed by atoms with Gasteiger partial charge in [0, 0.05) is 29.3 Å². The van der Waals surface area contributed by atoms with Gasteiger partial charge < -0.3 is 15.7 Å². The molecule has 3 heteroatoms. The minimum Gasteiger partial charge on any atom is -0.361 e. The summed E-state index contributed by atoms with van der Waals surface area (Å²) < 4.78 is 0. The molecule has 2 aromatic heterocycles. The van der Waals surface area contributed by atoms with Crippen molar-refractivity contribution in [2.24, 2.45) is 5.73 Å². The molecular weight excluding hydrogens is 270 g/mol. The predicted octanol–water partition coefficient (Wildman–Crippen LogP) is 4.13. The smallest absolute Gasteiger partial charge is 0.0454 e. The van der Waals surface area contributed by atoms with Gasteiger partial charge in [-0.05, 0) is 71.3 Å². The second kappa shape index (κ2) is 5.35.